The van der Waals surface area contributed by atoms with Crippen molar-refractivity contribution in [3.63, 3.8) is 0 Å². The van der Waals surface area contributed by atoms with E-state index in [-0.39, 0.29) is 6.04 Å². The number of hydrogen-bond acceptors (Lipinski definition) is 3. The lowest BCUT2D eigenvalue weighted by Gasteiger charge is -2.16. The molecule has 3 aromatic rings. The van der Waals surface area contributed by atoms with Crippen molar-refractivity contribution in [2.24, 2.45) is 0 Å². The fourth-order valence-corrected chi connectivity index (χ4v) is 2.50. The second-order valence-electron chi connectivity index (χ2n) is 5.54. The zero-order valence-corrected chi connectivity index (χ0v) is 13.3. The summed E-state index contributed by atoms with van der Waals surface area (Å²) < 4.78 is 5.70. The van der Waals surface area contributed by atoms with Crippen LogP contribution in [0.5, 0.6) is 5.75 Å². The predicted octanol–water partition coefficient (Wildman–Crippen LogP) is 4.69. The van der Waals surface area contributed by atoms with Crippen LogP contribution >= 0.6 is 0 Å². The second-order valence-corrected chi connectivity index (χ2v) is 5.54. The van der Waals surface area contributed by atoms with Gasteiger partial charge in [0.05, 0.1) is 18.3 Å². The summed E-state index contributed by atoms with van der Waals surface area (Å²) in [6.45, 7) is 6.50. The first-order valence-electron chi connectivity index (χ1n) is 7.79. The van der Waals surface area contributed by atoms with Crippen LogP contribution in [0, 0.1) is 0 Å². The van der Waals surface area contributed by atoms with Crippen LogP contribution in [0.1, 0.15) is 24.9 Å². The number of ether oxygens (including phenoxy) is 1. The summed E-state index contributed by atoms with van der Waals surface area (Å²) in [4.78, 5) is 0. The summed E-state index contributed by atoms with van der Waals surface area (Å²) in [5.41, 5.74) is 3.32. The van der Waals surface area contributed by atoms with E-state index in [1.165, 1.54) is 5.56 Å². The average molecular weight is 307 g/mol. The fourth-order valence-electron chi connectivity index (χ4n) is 2.50. The molecule has 4 heteroatoms. The van der Waals surface area contributed by atoms with Crippen molar-refractivity contribution in [3.05, 3.63) is 66.9 Å². The summed E-state index contributed by atoms with van der Waals surface area (Å²) >= 11 is 0. The number of H-pyrrole nitrogens is 1. The van der Waals surface area contributed by atoms with Gasteiger partial charge in [-0.05, 0) is 43.2 Å². The molecular weight excluding hydrogens is 286 g/mol. The lowest BCUT2D eigenvalue weighted by molar-refractivity contribution is 0.325. The van der Waals surface area contributed by atoms with Gasteiger partial charge < -0.3 is 10.1 Å². The van der Waals surface area contributed by atoms with Crippen LogP contribution in [-0.4, -0.2) is 16.8 Å². The van der Waals surface area contributed by atoms with Gasteiger partial charge in [-0.15, -0.1) is 6.58 Å². The molecule has 0 saturated heterocycles. The minimum absolute atomic E-state index is 0.192. The molecule has 0 saturated carbocycles. The molecule has 1 aromatic heterocycles. The zero-order valence-electron chi connectivity index (χ0n) is 13.3. The van der Waals surface area contributed by atoms with Crippen LogP contribution in [0.4, 0.5) is 5.69 Å². The normalized spacial score (nSPS) is 12.0. The number of benzene rings is 2. The minimum atomic E-state index is 0.192. The molecule has 0 aliphatic rings. The van der Waals surface area contributed by atoms with E-state index in [0.717, 1.165) is 28.8 Å². The number of aromatic nitrogens is 2. The van der Waals surface area contributed by atoms with E-state index in [4.69, 9.17) is 4.74 Å². The van der Waals surface area contributed by atoms with Gasteiger partial charge in [-0.2, -0.15) is 5.10 Å². The highest BCUT2D eigenvalue weighted by Crippen LogP contribution is 2.24. The highest BCUT2D eigenvalue weighted by atomic mass is 16.5. The van der Waals surface area contributed by atoms with Crippen LogP contribution in [0.25, 0.3) is 10.9 Å². The fraction of sp³-hybridized carbons (Fsp3) is 0.211. The molecule has 118 valence electrons. The highest BCUT2D eigenvalue weighted by Gasteiger charge is 2.07. The monoisotopic (exact) mass is 307 g/mol. The standard InChI is InChI=1S/C19H21N3O/c1-3-4-10-23-18-7-5-6-17(12-18)21-14(2)15-8-9-19-16(11-15)13-20-22-19/h3,5-9,11-14,21H,1,4,10H2,2H3,(H,20,22). The van der Waals surface area contributed by atoms with Crippen LogP contribution < -0.4 is 10.1 Å². The topological polar surface area (TPSA) is 49.9 Å². The van der Waals surface area contributed by atoms with Crippen molar-refractivity contribution in [1.82, 2.24) is 10.2 Å². The van der Waals surface area contributed by atoms with Crippen molar-refractivity contribution in [3.8, 4) is 5.75 Å². The summed E-state index contributed by atoms with van der Waals surface area (Å²) in [7, 11) is 0. The molecular formula is C19H21N3O. The third kappa shape index (κ3) is 3.72. The Labute approximate surface area is 136 Å². The van der Waals surface area contributed by atoms with Crippen molar-refractivity contribution in [2.75, 3.05) is 11.9 Å². The molecule has 0 bridgehead atoms. The average Bonchev–Trinajstić information content (AvgIpc) is 3.03. The van der Waals surface area contributed by atoms with E-state index in [1.54, 1.807) is 0 Å². The van der Waals surface area contributed by atoms with Gasteiger partial charge in [0.15, 0.2) is 0 Å². The maximum absolute atomic E-state index is 5.70. The van der Waals surface area contributed by atoms with Gasteiger partial charge in [-0.25, -0.2) is 0 Å². The predicted molar refractivity (Wildman–Crippen MR) is 94.9 cm³/mol. The minimum Gasteiger partial charge on any atom is -0.493 e. The molecule has 0 aliphatic carbocycles. The lowest BCUT2D eigenvalue weighted by Crippen LogP contribution is -2.06. The molecule has 0 aliphatic heterocycles. The molecule has 0 radical (unpaired) electrons. The van der Waals surface area contributed by atoms with Gasteiger partial charge in [0, 0.05) is 23.2 Å². The molecule has 2 N–H and O–H groups in total. The Bertz CT molecular complexity index is 794. The van der Waals surface area contributed by atoms with Crippen molar-refractivity contribution >= 4 is 16.6 Å². The smallest absolute Gasteiger partial charge is 0.121 e. The molecule has 23 heavy (non-hydrogen) atoms. The third-order valence-electron chi connectivity index (χ3n) is 3.77. The summed E-state index contributed by atoms with van der Waals surface area (Å²) in [5, 5.41) is 11.7. The van der Waals surface area contributed by atoms with E-state index < -0.39 is 0 Å². The Morgan fingerprint density at radius 3 is 3.09 bits per heavy atom. The number of nitrogens with zero attached hydrogens (tertiary/aromatic N) is 1. The maximum atomic E-state index is 5.70. The molecule has 0 fully saturated rings. The van der Waals surface area contributed by atoms with Crippen LogP contribution in [0.15, 0.2) is 61.3 Å². The summed E-state index contributed by atoms with van der Waals surface area (Å²) in [6, 6.07) is 14.6. The van der Waals surface area contributed by atoms with Gasteiger partial charge in [0.25, 0.3) is 0 Å². The first kappa shape index (κ1) is 15.2. The molecule has 1 unspecified atom stereocenters. The molecule has 1 atom stereocenters. The second kappa shape index (κ2) is 7.01. The Morgan fingerprint density at radius 1 is 1.30 bits per heavy atom. The van der Waals surface area contributed by atoms with Gasteiger partial charge in [0.2, 0.25) is 0 Å². The number of fused-ring (bicyclic) bond motifs is 1. The van der Waals surface area contributed by atoms with E-state index in [0.29, 0.717) is 6.61 Å². The number of anilines is 1. The Hall–Kier alpha value is -2.75. The first-order chi connectivity index (χ1) is 11.3. The van der Waals surface area contributed by atoms with E-state index in [2.05, 4.69) is 47.2 Å². The van der Waals surface area contributed by atoms with Crippen LogP contribution in [0.2, 0.25) is 0 Å². The van der Waals surface area contributed by atoms with Crippen LogP contribution in [-0.2, 0) is 0 Å². The number of hydrogen-bond donors (Lipinski definition) is 2. The first-order valence-corrected chi connectivity index (χ1v) is 7.79. The molecule has 2 aromatic carbocycles. The Morgan fingerprint density at radius 2 is 2.22 bits per heavy atom. The molecule has 1 heterocycles. The van der Waals surface area contributed by atoms with E-state index in [9.17, 15) is 0 Å². The lowest BCUT2D eigenvalue weighted by atomic mass is 10.1. The number of nitrogens with one attached hydrogen (secondary N) is 2. The van der Waals surface area contributed by atoms with E-state index in [1.807, 2.05) is 36.5 Å². The van der Waals surface area contributed by atoms with Gasteiger partial charge in [-0.1, -0.05) is 18.2 Å². The van der Waals surface area contributed by atoms with E-state index >= 15 is 0 Å². The largest absolute Gasteiger partial charge is 0.493 e. The highest BCUT2D eigenvalue weighted by molar-refractivity contribution is 5.78. The van der Waals surface area contributed by atoms with Crippen molar-refractivity contribution in [1.29, 1.82) is 0 Å². The van der Waals surface area contributed by atoms with Gasteiger partial charge in [0.1, 0.15) is 5.75 Å². The summed E-state index contributed by atoms with van der Waals surface area (Å²) in [5.74, 6) is 0.870. The SMILES string of the molecule is C=CCCOc1cccc(NC(C)c2ccc3[nH]ncc3c2)c1. The van der Waals surface area contributed by atoms with Crippen molar-refractivity contribution < 1.29 is 4.74 Å². The van der Waals surface area contributed by atoms with Gasteiger partial charge >= 0.3 is 0 Å². The van der Waals surface area contributed by atoms with Crippen LogP contribution in [0.3, 0.4) is 0 Å². The third-order valence-corrected chi connectivity index (χ3v) is 3.77. The van der Waals surface area contributed by atoms with Gasteiger partial charge in [-0.3, -0.25) is 5.10 Å². The maximum Gasteiger partial charge on any atom is 0.121 e. The molecule has 3 rings (SSSR count). The Kier molecular flexibility index (Phi) is 4.62. The quantitative estimate of drug-likeness (QED) is 0.492. The zero-order chi connectivity index (χ0) is 16.1. The molecule has 0 amide bonds. The number of aromatic amines is 1. The van der Waals surface area contributed by atoms with Crippen molar-refractivity contribution in [2.45, 2.75) is 19.4 Å². The summed E-state index contributed by atoms with van der Waals surface area (Å²) in [6.07, 6.45) is 4.55. The molecule has 4 nitrogen and oxygen atoms in total. The number of rotatable bonds is 7. The molecule has 0 spiro atoms. The Balaban J connectivity index is 1.70.